The number of benzene rings is 1. The second-order valence-corrected chi connectivity index (χ2v) is 8.27. The van der Waals surface area contributed by atoms with Gasteiger partial charge >= 0.3 is 0 Å². The van der Waals surface area contributed by atoms with Crippen molar-refractivity contribution < 1.29 is 9.59 Å². The molecule has 0 unspecified atom stereocenters. The Hall–Kier alpha value is -2.58. The molecule has 0 aliphatic heterocycles. The summed E-state index contributed by atoms with van der Waals surface area (Å²) in [5.41, 5.74) is 1.47. The van der Waals surface area contributed by atoms with Gasteiger partial charge in [0.15, 0.2) is 5.69 Å². The van der Waals surface area contributed by atoms with Crippen LogP contribution in [0.5, 0.6) is 0 Å². The van der Waals surface area contributed by atoms with Crippen LogP contribution in [0.25, 0.3) is 0 Å². The van der Waals surface area contributed by atoms with Gasteiger partial charge in [-0.2, -0.15) is 0 Å². The fourth-order valence-electron chi connectivity index (χ4n) is 3.15. The summed E-state index contributed by atoms with van der Waals surface area (Å²) >= 11 is 2.63. The van der Waals surface area contributed by atoms with Gasteiger partial charge in [0.1, 0.15) is 6.04 Å². The predicted octanol–water partition coefficient (Wildman–Crippen LogP) is 3.30. The molecule has 3 aromatic rings. The Morgan fingerprint density at radius 3 is 2.64 bits per heavy atom. The molecule has 1 N–H and O–H groups in total. The zero-order valence-electron chi connectivity index (χ0n) is 15.2. The number of rotatable bonds is 8. The van der Waals surface area contributed by atoms with E-state index in [1.165, 1.54) is 16.9 Å². The molecule has 1 aliphatic rings. The molecule has 0 radical (unpaired) electrons. The first-order chi connectivity index (χ1) is 13.7. The molecule has 8 heteroatoms. The van der Waals surface area contributed by atoms with Gasteiger partial charge in [0.2, 0.25) is 5.91 Å². The molecule has 0 bridgehead atoms. The maximum atomic E-state index is 13.1. The van der Waals surface area contributed by atoms with Gasteiger partial charge in [-0.3, -0.25) is 9.59 Å². The van der Waals surface area contributed by atoms with Crippen LogP contribution in [0.4, 0.5) is 0 Å². The van der Waals surface area contributed by atoms with E-state index in [1.807, 2.05) is 47.8 Å². The van der Waals surface area contributed by atoms with Crippen LogP contribution in [0.1, 0.15) is 39.8 Å². The Labute approximate surface area is 171 Å². The number of hydrogen-bond donors (Lipinski definition) is 1. The van der Waals surface area contributed by atoms with Crippen LogP contribution in [0, 0.1) is 0 Å². The Morgan fingerprint density at radius 1 is 1.18 bits per heavy atom. The maximum Gasteiger partial charge on any atom is 0.276 e. The first kappa shape index (κ1) is 18.8. The summed E-state index contributed by atoms with van der Waals surface area (Å²) in [4.78, 5) is 28.8. The van der Waals surface area contributed by atoms with Gasteiger partial charge in [-0.1, -0.05) is 40.9 Å². The molecule has 0 saturated heterocycles. The number of nitrogens with zero attached hydrogens (tertiary/aromatic N) is 3. The van der Waals surface area contributed by atoms with Crippen molar-refractivity contribution in [3.8, 4) is 0 Å². The SMILES string of the molecule is O=C(NCCc1ccccc1)[C@H](c1cccs1)N(C(=O)c1csnn1)C1CC1. The second kappa shape index (κ2) is 8.62. The van der Waals surface area contributed by atoms with E-state index in [2.05, 4.69) is 14.9 Å². The van der Waals surface area contributed by atoms with Crippen LogP contribution < -0.4 is 5.32 Å². The normalized spacial score (nSPS) is 14.4. The average Bonchev–Trinajstić information content (AvgIpc) is 3.18. The van der Waals surface area contributed by atoms with E-state index in [-0.39, 0.29) is 17.9 Å². The Kier molecular flexibility index (Phi) is 5.78. The monoisotopic (exact) mass is 412 g/mol. The maximum absolute atomic E-state index is 13.1. The van der Waals surface area contributed by atoms with E-state index in [0.717, 1.165) is 35.7 Å². The second-order valence-electron chi connectivity index (χ2n) is 6.68. The molecule has 0 spiro atoms. The van der Waals surface area contributed by atoms with Gasteiger partial charge in [-0.05, 0) is 47.8 Å². The van der Waals surface area contributed by atoms with E-state index < -0.39 is 6.04 Å². The molecular weight excluding hydrogens is 392 g/mol. The molecule has 2 aromatic heterocycles. The van der Waals surface area contributed by atoms with Gasteiger partial charge in [-0.15, -0.1) is 16.4 Å². The number of hydrogen-bond acceptors (Lipinski definition) is 6. The molecule has 6 nitrogen and oxygen atoms in total. The first-order valence-electron chi connectivity index (χ1n) is 9.19. The minimum atomic E-state index is -0.641. The molecule has 2 amide bonds. The minimum absolute atomic E-state index is 0.0705. The van der Waals surface area contributed by atoms with Crippen LogP contribution >= 0.6 is 22.9 Å². The largest absolute Gasteiger partial charge is 0.354 e. The molecule has 1 saturated carbocycles. The third-order valence-electron chi connectivity index (χ3n) is 4.65. The lowest BCUT2D eigenvalue weighted by molar-refractivity contribution is -0.126. The Morgan fingerprint density at radius 2 is 2.00 bits per heavy atom. The summed E-state index contributed by atoms with van der Waals surface area (Å²) in [5.74, 6) is -0.380. The highest BCUT2D eigenvalue weighted by molar-refractivity contribution is 7.10. The van der Waals surface area contributed by atoms with Crippen molar-refractivity contribution in [1.82, 2.24) is 19.8 Å². The smallest absolute Gasteiger partial charge is 0.276 e. The van der Waals surface area contributed by atoms with Gasteiger partial charge < -0.3 is 10.2 Å². The van der Waals surface area contributed by atoms with Gasteiger partial charge in [0, 0.05) is 22.8 Å². The zero-order valence-corrected chi connectivity index (χ0v) is 16.8. The number of carbonyl (C=O) groups excluding carboxylic acids is 2. The summed E-state index contributed by atoms with van der Waals surface area (Å²) in [6.07, 6.45) is 2.56. The van der Waals surface area contributed by atoms with Crippen LogP contribution in [0.3, 0.4) is 0 Å². The topological polar surface area (TPSA) is 75.2 Å². The highest BCUT2D eigenvalue weighted by Crippen LogP contribution is 2.37. The van der Waals surface area contributed by atoms with Crippen molar-refractivity contribution in [1.29, 1.82) is 0 Å². The van der Waals surface area contributed by atoms with Crippen molar-refractivity contribution in [3.05, 3.63) is 69.4 Å². The summed E-state index contributed by atoms with van der Waals surface area (Å²) in [6, 6.07) is 13.3. The Balaban J connectivity index is 1.52. The minimum Gasteiger partial charge on any atom is -0.354 e. The molecule has 1 fully saturated rings. The molecule has 1 atom stereocenters. The van der Waals surface area contributed by atoms with Crippen LogP contribution in [0.2, 0.25) is 0 Å². The molecule has 4 rings (SSSR count). The number of carbonyl (C=O) groups is 2. The van der Waals surface area contributed by atoms with Gasteiger partial charge in [0.25, 0.3) is 5.91 Å². The quantitative estimate of drug-likeness (QED) is 0.616. The number of aromatic nitrogens is 2. The van der Waals surface area contributed by atoms with Gasteiger partial charge in [-0.25, -0.2) is 0 Å². The van der Waals surface area contributed by atoms with E-state index in [1.54, 1.807) is 10.3 Å². The van der Waals surface area contributed by atoms with Crippen molar-refractivity contribution in [2.24, 2.45) is 0 Å². The molecule has 144 valence electrons. The fraction of sp³-hybridized carbons (Fsp3) is 0.300. The summed E-state index contributed by atoms with van der Waals surface area (Å²) < 4.78 is 3.80. The molecule has 2 heterocycles. The third-order valence-corrected chi connectivity index (χ3v) is 6.08. The molecular formula is C20H20N4O2S2. The highest BCUT2D eigenvalue weighted by atomic mass is 32.1. The van der Waals surface area contributed by atoms with Crippen LogP contribution in [0.15, 0.2) is 53.2 Å². The third kappa shape index (κ3) is 4.28. The summed E-state index contributed by atoms with van der Waals surface area (Å²) in [7, 11) is 0. The first-order valence-corrected chi connectivity index (χ1v) is 10.9. The van der Waals surface area contributed by atoms with E-state index in [0.29, 0.717) is 12.2 Å². The summed E-state index contributed by atoms with van der Waals surface area (Å²) in [5, 5.41) is 10.5. The number of nitrogens with one attached hydrogen (secondary N) is 1. The van der Waals surface area contributed by atoms with Crippen LogP contribution in [-0.4, -0.2) is 38.9 Å². The standard InChI is InChI=1S/C20H20N4O2S2/c25-19(21-11-10-14-5-2-1-3-6-14)18(17-7-4-12-27-17)24(15-8-9-15)20(26)16-13-28-23-22-16/h1-7,12-13,15,18H,8-11H2,(H,21,25)/t18-/m0/s1. The van der Waals surface area contributed by atoms with Gasteiger partial charge in [0.05, 0.1) is 0 Å². The Bertz CT molecular complexity index is 909. The lowest BCUT2D eigenvalue weighted by atomic mass is 10.1. The summed E-state index contributed by atoms with van der Waals surface area (Å²) in [6.45, 7) is 0.523. The number of thiophene rings is 1. The molecule has 1 aromatic carbocycles. The van der Waals surface area contributed by atoms with Crippen molar-refractivity contribution in [2.75, 3.05) is 6.54 Å². The highest BCUT2D eigenvalue weighted by Gasteiger charge is 2.42. The predicted molar refractivity (Wildman–Crippen MR) is 109 cm³/mol. The van der Waals surface area contributed by atoms with Crippen molar-refractivity contribution in [3.63, 3.8) is 0 Å². The lowest BCUT2D eigenvalue weighted by Crippen LogP contribution is -2.45. The average molecular weight is 413 g/mol. The molecule has 1 aliphatic carbocycles. The van der Waals surface area contributed by atoms with Crippen LogP contribution in [-0.2, 0) is 11.2 Å². The molecule has 28 heavy (non-hydrogen) atoms. The van der Waals surface area contributed by atoms with E-state index in [9.17, 15) is 9.59 Å². The van der Waals surface area contributed by atoms with Crippen molar-refractivity contribution >= 4 is 34.7 Å². The lowest BCUT2D eigenvalue weighted by Gasteiger charge is -2.30. The van der Waals surface area contributed by atoms with E-state index in [4.69, 9.17) is 0 Å². The van der Waals surface area contributed by atoms with Crippen molar-refractivity contribution in [2.45, 2.75) is 31.3 Å². The van der Waals surface area contributed by atoms with E-state index >= 15 is 0 Å². The zero-order chi connectivity index (χ0) is 19.3. The number of amides is 2. The fourth-order valence-corrected chi connectivity index (χ4v) is 4.40.